The molecule has 0 aliphatic carbocycles. The molecule has 0 bridgehead atoms. The van der Waals surface area contributed by atoms with E-state index in [1.54, 1.807) is 11.8 Å². The SMILES string of the molecule is CSCC[C@@H](NC(=O)c1ccc(C(C)(C)C)cc1)c1nc2ccccc2[nH]1. The minimum atomic E-state index is -0.139. The molecule has 27 heavy (non-hydrogen) atoms. The maximum atomic E-state index is 12.8. The molecule has 3 rings (SSSR count). The van der Waals surface area contributed by atoms with E-state index in [9.17, 15) is 4.79 Å². The molecular weight excluding hydrogens is 354 g/mol. The number of fused-ring (bicyclic) bond motifs is 1. The first-order chi connectivity index (χ1) is 12.9. The zero-order chi connectivity index (χ0) is 19.4. The number of benzene rings is 2. The molecule has 0 saturated carbocycles. The predicted octanol–water partition coefficient (Wildman–Crippen LogP) is 5.08. The van der Waals surface area contributed by atoms with Crippen LogP contribution in [0.5, 0.6) is 0 Å². The van der Waals surface area contributed by atoms with Crippen LogP contribution in [0.15, 0.2) is 48.5 Å². The van der Waals surface area contributed by atoms with Crippen molar-refractivity contribution in [3.8, 4) is 0 Å². The summed E-state index contributed by atoms with van der Waals surface area (Å²) in [6.45, 7) is 6.51. The molecule has 0 unspecified atom stereocenters. The lowest BCUT2D eigenvalue weighted by molar-refractivity contribution is 0.0934. The zero-order valence-corrected chi connectivity index (χ0v) is 17.2. The van der Waals surface area contributed by atoms with E-state index in [-0.39, 0.29) is 17.4 Å². The van der Waals surface area contributed by atoms with Crippen molar-refractivity contribution >= 4 is 28.7 Å². The van der Waals surface area contributed by atoms with E-state index in [0.29, 0.717) is 5.56 Å². The van der Waals surface area contributed by atoms with Crippen LogP contribution >= 0.6 is 11.8 Å². The zero-order valence-electron chi connectivity index (χ0n) is 16.4. The number of aromatic amines is 1. The number of thioether (sulfide) groups is 1. The minimum absolute atomic E-state index is 0.0676. The summed E-state index contributed by atoms with van der Waals surface area (Å²) >= 11 is 1.77. The Bertz CT molecular complexity index is 876. The number of aromatic nitrogens is 2. The number of imidazole rings is 1. The summed E-state index contributed by atoms with van der Waals surface area (Å²) in [5.41, 5.74) is 3.88. The van der Waals surface area contributed by atoms with Crippen LogP contribution < -0.4 is 5.32 Å². The van der Waals surface area contributed by atoms with Gasteiger partial charge in [0.25, 0.3) is 5.91 Å². The van der Waals surface area contributed by atoms with Gasteiger partial charge in [0.15, 0.2) is 0 Å². The Balaban J connectivity index is 1.80. The number of carbonyl (C=O) groups excluding carboxylic acids is 1. The lowest BCUT2D eigenvalue weighted by Crippen LogP contribution is -2.29. The van der Waals surface area contributed by atoms with Crippen molar-refractivity contribution in [2.24, 2.45) is 0 Å². The third kappa shape index (κ3) is 4.72. The van der Waals surface area contributed by atoms with Crippen molar-refractivity contribution in [3.63, 3.8) is 0 Å². The van der Waals surface area contributed by atoms with Gasteiger partial charge in [-0.15, -0.1) is 0 Å². The topological polar surface area (TPSA) is 57.8 Å². The lowest BCUT2D eigenvalue weighted by Gasteiger charge is -2.20. The molecule has 0 aliphatic heterocycles. The van der Waals surface area contributed by atoms with Gasteiger partial charge in [-0.05, 0) is 53.7 Å². The fourth-order valence-electron chi connectivity index (χ4n) is 3.01. The summed E-state index contributed by atoms with van der Waals surface area (Å²) in [6.07, 6.45) is 2.90. The highest BCUT2D eigenvalue weighted by molar-refractivity contribution is 7.98. The Morgan fingerprint density at radius 2 is 1.85 bits per heavy atom. The molecule has 5 heteroatoms. The van der Waals surface area contributed by atoms with Crippen LogP contribution in [0.2, 0.25) is 0 Å². The summed E-state index contributed by atoms with van der Waals surface area (Å²) in [5, 5.41) is 3.16. The van der Waals surface area contributed by atoms with Crippen molar-refractivity contribution in [2.75, 3.05) is 12.0 Å². The van der Waals surface area contributed by atoms with Crippen molar-refractivity contribution in [2.45, 2.75) is 38.6 Å². The van der Waals surface area contributed by atoms with Crippen LogP contribution in [0, 0.1) is 0 Å². The van der Waals surface area contributed by atoms with E-state index in [1.807, 2.05) is 48.5 Å². The van der Waals surface area contributed by atoms with Gasteiger partial charge in [0, 0.05) is 5.56 Å². The number of para-hydroxylation sites is 2. The number of carbonyl (C=O) groups is 1. The summed E-state index contributed by atoms with van der Waals surface area (Å²) in [5.74, 6) is 1.69. The Morgan fingerprint density at radius 3 is 2.48 bits per heavy atom. The number of rotatable bonds is 6. The largest absolute Gasteiger partial charge is 0.342 e. The minimum Gasteiger partial charge on any atom is -0.342 e. The van der Waals surface area contributed by atoms with E-state index in [0.717, 1.165) is 29.0 Å². The van der Waals surface area contributed by atoms with Gasteiger partial charge >= 0.3 is 0 Å². The van der Waals surface area contributed by atoms with Gasteiger partial charge in [-0.1, -0.05) is 45.0 Å². The number of amides is 1. The van der Waals surface area contributed by atoms with E-state index < -0.39 is 0 Å². The maximum Gasteiger partial charge on any atom is 0.251 e. The Morgan fingerprint density at radius 1 is 1.15 bits per heavy atom. The summed E-state index contributed by atoms with van der Waals surface area (Å²) in [6, 6.07) is 15.7. The highest BCUT2D eigenvalue weighted by Gasteiger charge is 2.20. The second-order valence-corrected chi connectivity index (χ2v) is 8.76. The molecule has 1 aromatic heterocycles. The summed E-state index contributed by atoms with van der Waals surface area (Å²) < 4.78 is 0. The molecule has 2 N–H and O–H groups in total. The van der Waals surface area contributed by atoms with Gasteiger partial charge in [-0.25, -0.2) is 4.98 Å². The van der Waals surface area contributed by atoms with E-state index in [1.165, 1.54) is 5.56 Å². The molecule has 1 heterocycles. The molecule has 0 saturated heterocycles. The quantitative estimate of drug-likeness (QED) is 0.626. The average molecular weight is 382 g/mol. The molecule has 2 aromatic carbocycles. The molecule has 0 aliphatic rings. The molecule has 0 radical (unpaired) electrons. The van der Waals surface area contributed by atoms with Crippen LogP contribution in [0.4, 0.5) is 0 Å². The molecule has 142 valence electrons. The van der Waals surface area contributed by atoms with E-state index >= 15 is 0 Å². The second kappa shape index (κ2) is 8.17. The first-order valence-electron chi connectivity index (χ1n) is 9.23. The van der Waals surface area contributed by atoms with E-state index in [4.69, 9.17) is 0 Å². The van der Waals surface area contributed by atoms with Gasteiger partial charge in [0.1, 0.15) is 5.82 Å². The van der Waals surface area contributed by atoms with Crippen LogP contribution in [-0.2, 0) is 5.41 Å². The van der Waals surface area contributed by atoms with Crippen LogP contribution in [0.25, 0.3) is 11.0 Å². The molecule has 0 spiro atoms. The summed E-state index contributed by atoms with van der Waals surface area (Å²) in [7, 11) is 0. The number of hydrogen-bond donors (Lipinski definition) is 2. The maximum absolute atomic E-state index is 12.8. The fraction of sp³-hybridized carbons (Fsp3) is 0.364. The monoisotopic (exact) mass is 381 g/mol. The smallest absolute Gasteiger partial charge is 0.251 e. The Kier molecular flexibility index (Phi) is 5.90. The standard InChI is InChI=1S/C22H27N3OS/c1-22(2,3)16-11-9-15(10-12-16)21(26)25-19(13-14-27-4)20-23-17-7-5-6-8-18(17)24-20/h5-12,19H,13-14H2,1-4H3,(H,23,24)(H,25,26)/t19-/m1/s1. The van der Waals surface area contributed by atoms with Gasteiger partial charge in [-0.2, -0.15) is 11.8 Å². The normalized spacial score (nSPS) is 12.9. The van der Waals surface area contributed by atoms with Crippen molar-refractivity contribution < 1.29 is 4.79 Å². The first kappa shape index (κ1) is 19.5. The van der Waals surface area contributed by atoms with Crippen molar-refractivity contribution in [1.82, 2.24) is 15.3 Å². The molecule has 4 nitrogen and oxygen atoms in total. The van der Waals surface area contributed by atoms with Gasteiger partial charge in [0.2, 0.25) is 0 Å². The number of nitrogens with one attached hydrogen (secondary N) is 2. The molecule has 0 fully saturated rings. The second-order valence-electron chi connectivity index (χ2n) is 7.77. The van der Waals surface area contributed by atoms with Gasteiger partial charge in [-0.3, -0.25) is 4.79 Å². The van der Waals surface area contributed by atoms with Crippen LogP contribution in [0.1, 0.15) is 55.0 Å². The predicted molar refractivity (Wildman–Crippen MR) is 114 cm³/mol. The highest BCUT2D eigenvalue weighted by Crippen LogP contribution is 2.23. The lowest BCUT2D eigenvalue weighted by atomic mass is 9.86. The van der Waals surface area contributed by atoms with Crippen molar-refractivity contribution in [1.29, 1.82) is 0 Å². The average Bonchev–Trinajstić information content (AvgIpc) is 3.08. The number of hydrogen-bond acceptors (Lipinski definition) is 3. The molecule has 1 amide bonds. The van der Waals surface area contributed by atoms with Crippen LogP contribution in [0.3, 0.4) is 0 Å². The molecule has 3 aromatic rings. The summed E-state index contributed by atoms with van der Waals surface area (Å²) in [4.78, 5) is 20.8. The Hall–Kier alpha value is -2.27. The van der Waals surface area contributed by atoms with Gasteiger partial charge < -0.3 is 10.3 Å². The van der Waals surface area contributed by atoms with Gasteiger partial charge in [0.05, 0.1) is 17.1 Å². The third-order valence-corrected chi connectivity index (χ3v) is 5.31. The fourth-order valence-corrected chi connectivity index (χ4v) is 3.49. The first-order valence-corrected chi connectivity index (χ1v) is 10.6. The Labute approximate surface area is 165 Å². The van der Waals surface area contributed by atoms with Crippen molar-refractivity contribution in [3.05, 3.63) is 65.5 Å². The number of nitrogens with zero attached hydrogens (tertiary/aromatic N) is 1. The third-order valence-electron chi connectivity index (χ3n) is 4.67. The van der Waals surface area contributed by atoms with Crippen LogP contribution in [-0.4, -0.2) is 27.9 Å². The highest BCUT2D eigenvalue weighted by atomic mass is 32.2. The van der Waals surface area contributed by atoms with E-state index in [2.05, 4.69) is 42.3 Å². The molecular formula is C22H27N3OS. The number of H-pyrrole nitrogens is 1. The molecule has 1 atom stereocenters.